The fourth-order valence-corrected chi connectivity index (χ4v) is 1.43. The minimum atomic E-state index is -4.18. The van der Waals surface area contributed by atoms with Crippen LogP contribution in [-0.4, -0.2) is 15.6 Å². The van der Waals surface area contributed by atoms with Crippen molar-refractivity contribution in [1.29, 1.82) is 0 Å². The largest absolute Gasteiger partial charge is 0.478 e. The second kappa shape index (κ2) is 4.35. The summed E-state index contributed by atoms with van der Waals surface area (Å²) in [6.45, 7) is 5.15. The Morgan fingerprint density at radius 1 is 1.33 bits per heavy atom. The lowest BCUT2D eigenvalue weighted by Crippen LogP contribution is -2.12. The Hall–Kier alpha value is -0.830. The summed E-state index contributed by atoms with van der Waals surface area (Å²) in [7, 11) is -4.18. The first-order valence-corrected chi connectivity index (χ1v) is 6.28. The molecule has 84 valence electrons. The van der Waals surface area contributed by atoms with Crippen molar-refractivity contribution in [2.24, 2.45) is 0 Å². The minimum Gasteiger partial charge on any atom is -0.478 e. The second-order valence-electron chi connectivity index (χ2n) is 3.58. The molecule has 1 unspecified atom stereocenters. The monoisotopic (exact) mass is 230 g/mol. The van der Waals surface area contributed by atoms with Gasteiger partial charge in [-0.2, -0.15) is 0 Å². The first-order chi connectivity index (χ1) is 6.80. The Morgan fingerprint density at radius 2 is 1.93 bits per heavy atom. The average Bonchev–Trinajstić information content (AvgIpc) is 2.08. The predicted molar refractivity (Wildman–Crippen MR) is 58.1 cm³/mol. The van der Waals surface area contributed by atoms with E-state index in [1.54, 1.807) is 6.07 Å². The quantitative estimate of drug-likeness (QED) is 0.781. The van der Waals surface area contributed by atoms with Crippen LogP contribution in [0.25, 0.3) is 0 Å². The van der Waals surface area contributed by atoms with Gasteiger partial charge in [0.05, 0.1) is 0 Å². The van der Waals surface area contributed by atoms with Crippen molar-refractivity contribution in [1.82, 2.24) is 0 Å². The van der Waals surface area contributed by atoms with Gasteiger partial charge in [0.1, 0.15) is 5.75 Å². The Labute approximate surface area is 89.1 Å². The molecule has 0 amide bonds. The molecule has 5 heteroatoms. The molecule has 0 bridgehead atoms. The number of hydrogen-bond donors (Lipinski definition) is 2. The van der Waals surface area contributed by atoms with Gasteiger partial charge in [-0.15, -0.1) is 0 Å². The van der Waals surface area contributed by atoms with Crippen LogP contribution in [0.4, 0.5) is 0 Å². The van der Waals surface area contributed by atoms with Gasteiger partial charge < -0.3 is 14.5 Å². The maximum Gasteiger partial charge on any atom is 0.365 e. The highest BCUT2D eigenvalue weighted by Gasteiger charge is 2.26. The topological polar surface area (TPSA) is 66.8 Å². The predicted octanol–water partition coefficient (Wildman–Crippen LogP) is 2.21. The van der Waals surface area contributed by atoms with Gasteiger partial charge >= 0.3 is 7.60 Å². The van der Waals surface area contributed by atoms with Crippen LogP contribution in [0.5, 0.6) is 5.75 Å². The molecule has 0 spiro atoms. The van der Waals surface area contributed by atoms with E-state index in [0.717, 1.165) is 11.1 Å². The number of hydrogen-bond acceptors (Lipinski definition) is 2. The van der Waals surface area contributed by atoms with Gasteiger partial charge in [-0.05, 0) is 32.4 Å². The summed E-state index contributed by atoms with van der Waals surface area (Å²) in [4.78, 5) is 17.8. The van der Waals surface area contributed by atoms with E-state index in [1.807, 2.05) is 26.0 Å². The normalized spacial score (nSPS) is 13.7. The smallest absolute Gasteiger partial charge is 0.365 e. The fraction of sp³-hybridized carbons (Fsp3) is 0.400. The van der Waals surface area contributed by atoms with Crippen molar-refractivity contribution >= 4 is 7.60 Å². The maximum absolute atomic E-state index is 10.9. The van der Waals surface area contributed by atoms with E-state index in [9.17, 15) is 4.57 Å². The summed E-state index contributed by atoms with van der Waals surface area (Å²) in [5, 5.41) is 0. The van der Waals surface area contributed by atoms with Crippen LogP contribution in [0, 0.1) is 13.8 Å². The third-order valence-electron chi connectivity index (χ3n) is 2.10. The molecule has 0 aliphatic heterocycles. The van der Waals surface area contributed by atoms with Gasteiger partial charge in [0, 0.05) is 0 Å². The van der Waals surface area contributed by atoms with Gasteiger partial charge in [0.25, 0.3) is 0 Å². The first kappa shape index (κ1) is 12.2. The Kier molecular flexibility index (Phi) is 3.55. The van der Waals surface area contributed by atoms with Crippen LogP contribution >= 0.6 is 7.60 Å². The lowest BCUT2D eigenvalue weighted by molar-refractivity contribution is 0.236. The molecule has 0 fully saturated rings. The highest BCUT2D eigenvalue weighted by atomic mass is 31.2. The third kappa shape index (κ3) is 3.34. The first-order valence-electron chi connectivity index (χ1n) is 4.60. The molecule has 4 nitrogen and oxygen atoms in total. The molecule has 1 atom stereocenters. The zero-order valence-corrected chi connectivity index (χ0v) is 9.86. The molecule has 0 aromatic heterocycles. The summed E-state index contributed by atoms with van der Waals surface area (Å²) in [5.41, 5.74) is 1.96. The van der Waals surface area contributed by atoms with Crippen molar-refractivity contribution in [2.45, 2.75) is 26.6 Å². The molecule has 15 heavy (non-hydrogen) atoms. The SMILES string of the molecule is Cc1ccc(OC(C)P(=O)(O)O)c(C)c1. The molecule has 0 saturated carbocycles. The van der Waals surface area contributed by atoms with E-state index in [-0.39, 0.29) is 0 Å². The van der Waals surface area contributed by atoms with Crippen molar-refractivity contribution in [2.75, 3.05) is 0 Å². The van der Waals surface area contributed by atoms with Gasteiger partial charge in [0.2, 0.25) is 0 Å². The van der Waals surface area contributed by atoms with Gasteiger partial charge in [-0.25, -0.2) is 0 Å². The molecule has 0 radical (unpaired) electrons. The van der Waals surface area contributed by atoms with Crippen LogP contribution in [0.15, 0.2) is 18.2 Å². The van der Waals surface area contributed by atoms with Crippen molar-refractivity contribution in [3.05, 3.63) is 29.3 Å². The average molecular weight is 230 g/mol. The van der Waals surface area contributed by atoms with E-state index >= 15 is 0 Å². The van der Waals surface area contributed by atoms with Crippen LogP contribution in [0.2, 0.25) is 0 Å². The van der Waals surface area contributed by atoms with E-state index in [4.69, 9.17) is 14.5 Å². The second-order valence-corrected chi connectivity index (χ2v) is 5.48. The van der Waals surface area contributed by atoms with Crippen molar-refractivity contribution < 1.29 is 19.1 Å². The Bertz CT molecular complexity index is 396. The van der Waals surface area contributed by atoms with Crippen LogP contribution < -0.4 is 4.74 Å². The summed E-state index contributed by atoms with van der Waals surface area (Å²) < 4.78 is 16.1. The van der Waals surface area contributed by atoms with Crippen molar-refractivity contribution in [3.8, 4) is 5.75 Å². The van der Waals surface area contributed by atoms with Gasteiger partial charge in [0.15, 0.2) is 5.85 Å². The van der Waals surface area contributed by atoms with E-state index in [1.165, 1.54) is 6.92 Å². The molecule has 0 aliphatic carbocycles. The van der Waals surface area contributed by atoms with E-state index in [2.05, 4.69) is 0 Å². The van der Waals surface area contributed by atoms with Crippen LogP contribution in [0.1, 0.15) is 18.1 Å². The van der Waals surface area contributed by atoms with Gasteiger partial charge in [-0.3, -0.25) is 4.57 Å². The van der Waals surface area contributed by atoms with Gasteiger partial charge in [-0.1, -0.05) is 17.7 Å². The Balaban J connectivity index is 2.86. The fourth-order valence-electron chi connectivity index (χ4n) is 1.18. The summed E-state index contributed by atoms with van der Waals surface area (Å²) in [6.07, 6.45) is 0. The molecule has 2 N–H and O–H groups in total. The minimum absolute atomic E-state index is 0.511. The number of ether oxygens (including phenoxy) is 1. The van der Waals surface area contributed by atoms with E-state index in [0.29, 0.717) is 5.75 Å². The van der Waals surface area contributed by atoms with E-state index < -0.39 is 13.4 Å². The molecule has 0 saturated heterocycles. The third-order valence-corrected chi connectivity index (χ3v) is 3.15. The molecule has 1 aromatic carbocycles. The molecular weight excluding hydrogens is 215 g/mol. The summed E-state index contributed by atoms with van der Waals surface area (Å²) in [6, 6.07) is 5.47. The molecular formula is C10H15O4P. The number of benzene rings is 1. The Morgan fingerprint density at radius 3 is 2.40 bits per heavy atom. The highest BCUT2D eigenvalue weighted by molar-refractivity contribution is 7.52. The standard InChI is InChI=1S/C10H15O4P/c1-7-4-5-10(8(2)6-7)14-9(3)15(11,12)13/h4-6,9H,1-3H3,(H2,11,12,13). The molecule has 1 aromatic rings. The lowest BCUT2D eigenvalue weighted by Gasteiger charge is -2.17. The summed E-state index contributed by atoms with van der Waals surface area (Å²) >= 11 is 0. The molecule has 0 aliphatic rings. The highest BCUT2D eigenvalue weighted by Crippen LogP contribution is 2.42. The zero-order chi connectivity index (χ0) is 11.6. The van der Waals surface area contributed by atoms with Crippen molar-refractivity contribution in [3.63, 3.8) is 0 Å². The molecule has 0 heterocycles. The lowest BCUT2D eigenvalue weighted by atomic mass is 10.1. The number of aryl methyl sites for hydroxylation is 2. The van der Waals surface area contributed by atoms with Crippen LogP contribution in [0.3, 0.4) is 0 Å². The number of rotatable bonds is 3. The zero-order valence-electron chi connectivity index (χ0n) is 8.97. The summed E-state index contributed by atoms with van der Waals surface area (Å²) in [5.74, 6) is -0.602. The molecule has 1 rings (SSSR count). The van der Waals surface area contributed by atoms with Crippen LogP contribution in [-0.2, 0) is 4.57 Å². The maximum atomic E-state index is 10.9.